The number of urea groups is 1. The SMILES string of the molecule is O=C(NOC[C@@H]1C[C@@H](n2cncn2)CN1)C1CCC2CN1C(=O)N2OS(=O)(=O)O. The minimum absolute atomic E-state index is 0.0207. The average Bonchev–Trinajstić information content (AvgIpc) is 3.39. The lowest BCUT2D eigenvalue weighted by atomic mass is 10.0. The van der Waals surface area contributed by atoms with E-state index < -0.39 is 34.4 Å². The van der Waals surface area contributed by atoms with Crippen LogP contribution < -0.4 is 10.8 Å². The Balaban J connectivity index is 1.25. The molecule has 4 heterocycles. The van der Waals surface area contributed by atoms with Crippen LogP contribution in [-0.2, 0) is 24.3 Å². The van der Waals surface area contributed by atoms with Crippen molar-refractivity contribution in [3.63, 3.8) is 0 Å². The van der Waals surface area contributed by atoms with Gasteiger partial charge < -0.3 is 10.2 Å². The molecule has 1 aromatic heterocycles. The molecule has 3 N–H and O–H groups in total. The Kier molecular flexibility index (Phi) is 5.39. The van der Waals surface area contributed by atoms with Gasteiger partial charge in [-0.25, -0.2) is 19.9 Å². The van der Waals surface area contributed by atoms with Crippen molar-refractivity contribution in [2.24, 2.45) is 0 Å². The van der Waals surface area contributed by atoms with E-state index >= 15 is 0 Å². The highest BCUT2D eigenvalue weighted by Crippen LogP contribution is 2.30. The fraction of sp³-hybridized carbons (Fsp3) is 0.714. The second-order valence-electron chi connectivity index (χ2n) is 7.16. The molecule has 3 fully saturated rings. The van der Waals surface area contributed by atoms with Gasteiger partial charge in [0.2, 0.25) is 0 Å². The fourth-order valence-corrected chi connectivity index (χ4v) is 4.31. The number of hydroxylamine groups is 3. The molecule has 4 rings (SSSR count). The highest BCUT2D eigenvalue weighted by atomic mass is 32.3. The summed E-state index contributed by atoms with van der Waals surface area (Å²) in [4.78, 5) is 35.2. The number of carbonyl (C=O) groups excluding carboxylic acids is 2. The van der Waals surface area contributed by atoms with Crippen LogP contribution in [0.5, 0.6) is 0 Å². The number of carbonyl (C=O) groups is 2. The topological polar surface area (TPSA) is 168 Å². The first kappa shape index (κ1) is 20.0. The highest BCUT2D eigenvalue weighted by Gasteiger charge is 2.49. The monoisotopic (exact) mass is 431 g/mol. The zero-order chi connectivity index (χ0) is 20.6. The quantitative estimate of drug-likeness (QED) is 0.332. The molecule has 4 atom stereocenters. The lowest BCUT2D eigenvalue weighted by Gasteiger charge is -2.29. The van der Waals surface area contributed by atoms with E-state index in [1.807, 2.05) is 0 Å². The lowest BCUT2D eigenvalue weighted by Crippen LogP contribution is -2.50. The number of piperidine rings is 1. The van der Waals surface area contributed by atoms with Crippen molar-refractivity contribution in [3.8, 4) is 0 Å². The Hall–Kier alpha value is -2.33. The van der Waals surface area contributed by atoms with Crippen molar-refractivity contribution in [2.75, 3.05) is 19.7 Å². The van der Waals surface area contributed by atoms with E-state index in [2.05, 4.69) is 25.2 Å². The number of nitrogens with zero attached hydrogens (tertiary/aromatic N) is 5. The van der Waals surface area contributed by atoms with Gasteiger partial charge >= 0.3 is 16.4 Å². The van der Waals surface area contributed by atoms with E-state index in [0.717, 1.165) is 6.42 Å². The van der Waals surface area contributed by atoms with Gasteiger partial charge in [-0.15, -0.1) is 4.28 Å². The summed E-state index contributed by atoms with van der Waals surface area (Å²) in [5.74, 6) is -0.503. The molecule has 3 aliphatic heterocycles. The molecule has 0 aliphatic carbocycles. The molecule has 0 saturated carbocycles. The number of rotatable bonds is 7. The summed E-state index contributed by atoms with van der Waals surface area (Å²) in [6.45, 7) is 1.07. The summed E-state index contributed by atoms with van der Waals surface area (Å²) < 4.78 is 36.7. The van der Waals surface area contributed by atoms with Crippen molar-refractivity contribution >= 4 is 22.3 Å². The van der Waals surface area contributed by atoms with Crippen LogP contribution in [0.3, 0.4) is 0 Å². The number of hydrogen-bond donors (Lipinski definition) is 3. The van der Waals surface area contributed by atoms with E-state index in [9.17, 15) is 18.0 Å². The predicted molar refractivity (Wildman–Crippen MR) is 92.9 cm³/mol. The number of nitrogens with one attached hydrogen (secondary N) is 2. The molecule has 160 valence electrons. The summed E-state index contributed by atoms with van der Waals surface area (Å²) in [6.07, 6.45) is 4.54. The minimum atomic E-state index is -4.83. The summed E-state index contributed by atoms with van der Waals surface area (Å²) in [5, 5.41) is 7.98. The average molecular weight is 431 g/mol. The van der Waals surface area contributed by atoms with E-state index in [-0.39, 0.29) is 25.2 Å². The van der Waals surface area contributed by atoms with Crippen molar-refractivity contribution in [3.05, 3.63) is 12.7 Å². The van der Waals surface area contributed by atoms with Gasteiger partial charge in [-0.3, -0.25) is 14.2 Å². The first-order valence-corrected chi connectivity index (χ1v) is 10.4. The molecule has 3 aliphatic rings. The van der Waals surface area contributed by atoms with Crippen LogP contribution in [-0.4, -0.2) is 87.5 Å². The molecule has 2 unspecified atom stereocenters. The molecule has 3 saturated heterocycles. The largest absolute Gasteiger partial charge is 0.418 e. The van der Waals surface area contributed by atoms with Crippen LogP contribution in [0.1, 0.15) is 25.3 Å². The highest BCUT2D eigenvalue weighted by molar-refractivity contribution is 7.80. The lowest BCUT2D eigenvalue weighted by molar-refractivity contribution is -0.139. The maximum atomic E-state index is 12.4. The van der Waals surface area contributed by atoms with Crippen LogP contribution in [0.4, 0.5) is 4.79 Å². The van der Waals surface area contributed by atoms with Gasteiger partial charge in [-0.2, -0.15) is 18.6 Å². The van der Waals surface area contributed by atoms with Gasteiger partial charge in [-0.05, 0) is 19.3 Å². The summed E-state index contributed by atoms with van der Waals surface area (Å²) in [7, 11) is -4.83. The number of fused-ring (bicyclic) bond motifs is 2. The number of aromatic nitrogens is 3. The van der Waals surface area contributed by atoms with Crippen molar-refractivity contribution in [2.45, 2.75) is 43.4 Å². The standard InChI is InChI=1S/C14H21N7O7S/c22-13(18-27-6-9-3-11(4-16-9)20-8-15-7-17-20)12-2-1-10-5-19(12)14(23)21(10)28-29(24,25)26/h7-12,16H,1-6H2,(H,18,22)(H,24,25,26)/t9-,10?,11+,12?/m0/s1. The molecule has 0 radical (unpaired) electrons. The third-order valence-electron chi connectivity index (χ3n) is 5.27. The van der Waals surface area contributed by atoms with Gasteiger partial charge in [0.1, 0.15) is 18.7 Å². The molecule has 0 spiro atoms. The molecule has 14 nitrogen and oxygen atoms in total. The van der Waals surface area contributed by atoms with Gasteiger partial charge in [0.15, 0.2) is 0 Å². The second kappa shape index (κ2) is 7.83. The zero-order valence-corrected chi connectivity index (χ0v) is 16.1. The minimum Gasteiger partial charge on any atom is -0.309 e. The maximum Gasteiger partial charge on any atom is 0.418 e. The smallest absolute Gasteiger partial charge is 0.309 e. The summed E-state index contributed by atoms with van der Waals surface area (Å²) >= 11 is 0. The number of amides is 3. The van der Waals surface area contributed by atoms with Gasteiger partial charge in [0.25, 0.3) is 5.91 Å². The third-order valence-corrected chi connectivity index (χ3v) is 5.62. The zero-order valence-electron chi connectivity index (χ0n) is 15.2. The Labute approximate surface area is 166 Å². The number of hydrogen-bond acceptors (Lipinski definition) is 9. The van der Waals surface area contributed by atoms with E-state index in [1.54, 1.807) is 11.0 Å². The second-order valence-corrected chi connectivity index (χ2v) is 8.16. The fourth-order valence-electron chi connectivity index (χ4n) is 3.92. The molecule has 1 aromatic rings. The van der Waals surface area contributed by atoms with Crippen LogP contribution >= 0.6 is 0 Å². The molecular weight excluding hydrogens is 410 g/mol. The van der Waals surface area contributed by atoms with Crippen LogP contribution in [0, 0.1) is 0 Å². The Morgan fingerprint density at radius 1 is 1.38 bits per heavy atom. The molecule has 3 amide bonds. The molecular formula is C14H21N7O7S. The Morgan fingerprint density at radius 2 is 2.21 bits per heavy atom. The first-order chi connectivity index (χ1) is 13.8. The Bertz CT molecular complexity index is 864. The van der Waals surface area contributed by atoms with E-state index in [1.165, 1.54) is 11.2 Å². The van der Waals surface area contributed by atoms with Gasteiger partial charge in [0, 0.05) is 19.1 Å². The van der Waals surface area contributed by atoms with Crippen molar-refractivity contribution in [1.29, 1.82) is 0 Å². The van der Waals surface area contributed by atoms with Crippen LogP contribution in [0.25, 0.3) is 0 Å². The third kappa shape index (κ3) is 4.32. The molecule has 2 bridgehead atoms. The van der Waals surface area contributed by atoms with Crippen molar-refractivity contribution in [1.82, 2.24) is 35.5 Å². The van der Waals surface area contributed by atoms with Gasteiger partial charge in [0.05, 0.1) is 18.7 Å². The molecule has 0 aromatic carbocycles. The molecule has 15 heteroatoms. The summed E-state index contributed by atoms with van der Waals surface area (Å²) in [6, 6.07) is -1.97. The molecule has 29 heavy (non-hydrogen) atoms. The van der Waals surface area contributed by atoms with E-state index in [4.69, 9.17) is 9.39 Å². The maximum absolute atomic E-state index is 12.4. The van der Waals surface area contributed by atoms with Crippen LogP contribution in [0.15, 0.2) is 12.7 Å². The Morgan fingerprint density at radius 3 is 2.93 bits per heavy atom. The predicted octanol–water partition coefficient (Wildman–Crippen LogP) is -1.77. The summed E-state index contributed by atoms with van der Waals surface area (Å²) in [5.41, 5.74) is 2.36. The van der Waals surface area contributed by atoms with Crippen LogP contribution in [0.2, 0.25) is 0 Å². The van der Waals surface area contributed by atoms with Crippen molar-refractivity contribution < 1.29 is 31.7 Å². The first-order valence-electron chi connectivity index (χ1n) is 9.08. The van der Waals surface area contributed by atoms with E-state index in [0.29, 0.717) is 24.4 Å². The van der Waals surface area contributed by atoms with Gasteiger partial charge in [-0.1, -0.05) is 0 Å². The normalized spacial score (nSPS) is 29.5.